The first kappa shape index (κ1) is 17.5. The molecule has 0 fully saturated rings. The number of aryl methyl sites for hydroxylation is 1. The number of halogens is 1. The number of carbonyl (C=O) groups excluding carboxylic acids is 1. The quantitative estimate of drug-likeness (QED) is 0.709. The number of aromatic hydroxyl groups is 1. The average Bonchev–Trinajstić information content (AvgIpc) is 3.06. The van der Waals surface area contributed by atoms with E-state index in [4.69, 9.17) is 11.6 Å². The minimum Gasteiger partial charge on any atom is -0.505 e. The van der Waals surface area contributed by atoms with Gasteiger partial charge < -0.3 is 15.0 Å². The first-order chi connectivity index (χ1) is 12.0. The SMILES string of the molecule is CCCn1c(=O)c(C(=O)Nc2cccc(Cl)c2C)c(O)c2sccc21. The third-order valence-corrected chi connectivity index (χ3v) is 5.36. The molecule has 0 aliphatic rings. The van der Waals surface area contributed by atoms with Gasteiger partial charge >= 0.3 is 0 Å². The third kappa shape index (κ3) is 3.03. The van der Waals surface area contributed by atoms with E-state index in [9.17, 15) is 14.7 Å². The maximum atomic E-state index is 12.8. The molecule has 0 aliphatic carbocycles. The van der Waals surface area contributed by atoms with E-state index in [0.29, 0.717) is 33.0 Å². The minimum absolute atomic E-state index is 0.247. The van der Waals surface area contributed by atoms with Gasteiger partial charge in [-0.3, -0.25) is 9.59 Å². The lowest BCUT2D eigenvalue weighted by molar-refractivity contribution is 0.102. The normalized spacial score (nSPS) is 11.0. The Morgan fingerprint density at radius 2 is 2.12 bits per heavy atom. The van der Waals surface area contributed by atoms with Crippen LogP contribution in [0.2, 0.25) is 5.02 Å². The molecule has 2 heterocycles. The molecule has 130 valence electrons. The van der Waals surface area contributed by atoms with E-state index in [1.807, 2.05) is 6.92 Å². The second-order valence-electron chi connectivity index (χ2n) is 5.68. The minimum atomic E-state index is -0.645. The maximum Gasteiger partial charge on any atom is 0.267 e. The van der Waals surface area contributed by atoms with Crippen molar-refractivity contribution >= 4 is 44.7 Å². The predicted octanol–water partition coefficient (Wildman–Crippen LogP) is 4.39. The summed E-state index contributed by atoms with van der Waals surface area (Å²) >= 11 is 7.37. The number of pyridine rings is 1. The smallest absolute Gasteiger partial charge is 0.267 e. The number of nitrogens with one attached hydrogen (secondary N) is 1. The van der Waals surface area contributed by atoms with Crippen molar-refractivity contribution in [2.24, 2.45) is 0 Å². The molecule has 5 nitrogen and oxygen atoms in total. The topological polar surface area (TPSA) is 71.3 Å². The van der Waals surface area contributed by atoms with E-state index in [1.165, 1.54) is 15.9 Å². The Kier molecular flexibility index (Phi) is 4.83. The number of hydrogen-bond acceptors (Lipinski definition) is 4. The Balaban J connectivity index is 2.13. The molecule has 0 saturated heterocycles. The number of rotatable bonds is 4. The molecule has 0 saturated carbocycles. The highest BCUT2D eigenvalue weighted by Crippen LogP contribution is 2.32. The number of carbonyl (C=O) groups is 1. The summed E-state index contributed by atoms with van der Waals surface area (Å²) in [6.07, 6.45) is 0.740. The highest BCUT2D eigenvalue weighted by molar-refractivity contribution is 7.17. The van der Waals surface area contributed by atoms with Gasteiger partial charge in [-0.05, 0) is 42.5 Å². The van der Waals surface area contributed by atoms with Gasteiger partial charge in [0.05, 0.1) is 10.2 Å². The van der Waals surface area contributed by atoms with Gasteiger partial charge in [0.1, 0.15) is 5.56 Å². The number of nitrogens with zero attached hydrogens (tertiary/aromatic N) is 1. The first-order valence-electron chi connectivity index (χ1n) is 7.85. The zero-order chi connectivity index (χ0) is 18.1. The molecule has 25 heavy (non-hydrogen) atoms. The Labute approximate surface area is 153 Å². The fourth-order valence-electron chi connectivity index (χ4n) is 2.73. The van der Waals surface area contributed by atoms with Crippen molar-refractivity contribution in [3.63, 3.8) is 0 Å². The van der Waals surface area contributed by atoms with Crippen molar-refractivity contribution in [1.82, 2.24) is 4.57 Å². The van der Waals surface area contributed by atoms with E-state index in [1.54, 1.807) is 36.6 Å². The Bertz CT molecular complexity index is 1020. The van der Waals surface area contributed by atoms with Crippen LogP contribution in [0.5, 0.6) is 5.75 Å². The molecule has 2 aromatic heterocycles. The monoisotopic (exact) mass is 376 g/mol. The molecular formula is C18H17ClN2O3S. The summed E-state index contributed by atoms with van der Waals surface area (Å²) in [6.45, 7) is 4.20. The molecule has 3 rings (SSSR count). The molecule has 0 atom stereocenters. The molecule has 0 unspecified atom stereocenters. The zero-order valence-electron chi connectivity index (χ0n) is 13.8. The Morgan fingerprint density at radius 1 is 1.36 bits per heavy atom. The van der Waals surface area contributed by atoms with Crippen LogP contribution in [0.3, 0.4) is 0 Å². The second kappa shape index (κ2) is 6.90. The van der Waals surface area contributed by atoms with Gasteiger partial charge in [-0.15, -0.1) is 11.3 Å². The first-order valence-corrected chi connectivity index (χ1v) is 9.10. The van der Waals surface area contributed by atoms with Crippen molar-refractivity contribution in [3.8, 4) is 5.75 Å². The van der Waals surface area contributed by atoms with E-state index >= 15 is 0 Å². The van der Waals surface area contributed by atoms with Gasteiger partial charge in [0.15, 0.2) is 5.75 Å². The lowest BCUT2D eigenvalue weighted by Crippen LogP contribution is -2.29. The summed E-state index contributed by atoms with van der Waals surface area (Å²) in [5.74, 6) is -0.924. The number of hydrogen-bond donors (Lipinski definition) is 2. The van der Waals surface area contributed by atoms with Gasteiger partial charge in [-0.1, -0.05) is 24.6 Å². The second-order valence-corrected chi connectivity index (χ2v) is 7.01. The van der Waals surface area contributed by atoms with Gasteiger partial charge in [-0.2, -0.15) is 0 Å². The number of amides is 1. The summed E-state index contributed by atoms with van der Waals surface area (Å²) < 4.78 is 2.06. The van der Waals surface area contributed by atoms with Crippen LogP contribution in [0.15, 0.2) is 34.4 Å². The van der Waals surface area contributed by atoms with Gasteiger partial charge in [0.25, 0.3) is 11.5 Å². The fraction of sp³-hybridized carbons (Fsp3) is 0.222. The third-order valence-electron chi connectivity index (χ3n) is 4.04. The number of benzene rings is 1. The molecule has 0 aliphatic heterocycles. The summed E-state index contributed by atoms with van der Waals surface area (Å²) in [7, 11) is 0. The largest absolute Gasteiger partial charge is 0.505 e. The molecule has 0 spiro atoms. The Hall–Kier alpha value is -2.31. The van der Waals surface area contributed by atoms with E-state index in [-0.39, 0.29) is 11.3 Å². The van der Waals surface area contributed by atoms with Crippen LogP contribution in [-0.4, -0.2) is 15.6 Å². The highest BCUT2D eigenvalue weighted by atomic mass is 35.5. The molecule has 1 amide bonds. The molecular weight excluding hydrogens is 360 g/mol. The summed E-state index contributed by atoms with van der Waals surface area (Å²) in [6, 6.07) is 6.91. The van der Waals surface area contributed by atoms with Crippen molar-refractivity contribution < 1.29 is 9.90 Å². The van der Waals surface area contributed by atoms with Crippen molar-refractivity contribution in [2.45, 2.75) is 26.8 Å². The van der Waals surface area contributed by atoms with Crippen LogP contribution in [-0.2, 0) is 6.54 Å². The average molecular weight is 377 g/mol. The number of fused-ring (bicyclic) bond motifs is 1. The lowest BCUT2D eigenvalue weighted by atomic mass is 10.1. The summed E-state index contributed by atoms with van der Waals surface area (Å²) in [4.78, 5) is 25.5. The molecule has 0 bridgehead atoms. The van der Waals surface area contributed by atoms with Crippen molar-refractivity contribution in [1.29, 1.82) is 0 Å². The number of thiophene rings is 1. The zero-order valence-corrected chi connectivity index (χ0v) is 15.4. The lowest BCUT2D eigenvalue weighted by Gasteiger charge is -2.13. The summed E-state index contributed by atoms with van der Waals surface area (Å²) in [5, 5.41) is 15.5. The van der Waals surface area contributed by atoms with Crippen LogP contribution >= 0.6 is 22.9 Å². The van der Waals surface area contributed by atoms with Crippen LogP contribution < -0.4 is 10.9 Å². The Morgan fingerprint density at radius 3 is 2.84 bits per heavy atom. The van der Waals surface area contributed by atoms with Gasteiger partial charge in [0.2, 0.25) is 0 Å². The van der Waals surface area contributed by atoms with Gasteiger partial charge in [0, 0.05) is 17.3 Å². The van der Waals surface area contributed by atoms with Crippen molar-refractivity contribution in [3.05, 3.63) is 56.1 Å². The van der Waals surface area contributed by atoms with E-state index < -0.39 is 11.5 Å². The van der Waals surface area contributed by atoms with Crippen LogP contribution in [0, 0.1) is 6.92 Å². The van der Waals surface area contributed by atoms with E-state index in [0.717, 1.165) is 6.42 Å². The molecule has 3 aromatic rings. The maximum absolute atomic E-state index is 12.8. The predicted molar refractivity (Wildman–Crippen MR) is 102 cm³/mol. The van der Waals surface area contributed by atoms with Crippen LogP contribution in [0.4, 0.5) is 5.69 Å². The fourth-order valence-corrected chi connectivity index (χ4v) is 3.75. The van der Waals surface area contributed by atoms with E-state index in [2.05, 4.69) is 5.32 Å². The molecule has 0 radical (unpaired) electrons. The molecule has 2 N–H and O–H groups in total. The molecule has 1 aromatic carbocycles. The van der Waals surface area contributed by atoms with Crippen LogP contribution in [0.1, 0.15) is 29.3 Å². The molecule has 7 heteroatoms. The summed E-state index contributed by atoms with van der Waals surface area (Å²) in [5.41, 5.74) is 1.10. The standard InChI is InChI=1S/C18H17ClN2O3S/c1-3-8-21-13-7-9-25-16(13)15(22)14(18(21)24)17(23)20-12-6-4-5-11(19)10(12)2/h4-7,9,22H,3,8H2,1-2H3,(H,20,23). The number of anilines is 1. The highest BCUT2D eigenvalue weighted by Gasteiger charge is 2.23. The van der Waals surface area contributed by atoms with Gasteiger partial charge in [-0.25, -0.2) is 0 Å². The van der Waals surface area contributed by atoms with Crippen molar-refractivity contribution in [2.75, 3.05) is 5.32 Å². The number of aromatic nitrogens is 1. The van der Waals surface area contributed by atoms with Crippen LogP contribution in [0.25, 0.3) is 10.2 Å².